The monoisotopic (exact) mass is 248 g/mol. The highest BCUT2D eigenvalue weighted by atomic mass is 16.3. The van der Waals surface area contributed by atoms with Crippen molar-refractivity contribution in [3.63, 3.8) is 0 Å². The quantitative estimate of drug-likeness (QED) is 0.819. The third-order valence-electron chi connectivity index (χ3n) is 4.71. The van der Waals surface area contributed by atoms with Crippen LogP contribution in [0.4, 0.5) is 0 Å². The summed E-state index contributed by atoms with van der Waals surface area (Å²) in [6.45, 7) is 15.2. The first kappa shape index (κ1) is 15.2. The lowest BCUT2D eigenvalue weighted by Crippen LogP contribution is -2.10. The smallest absolute Gasteiger partial charge is 0.0797 e. The molecule has 1 rings (SSSR count). The Morgan fingerprint density at radius 3 is 1.61 bits per heavy atom. The van der Waals surface area contributed by atoms with E-state index in [9.17, 15) is 5.11 Å². The van der Waals surface area contributed by atoms with Crippen molar-refractivity contribution in [2.45, 2.75) is 67.4 Å². The second-order valence-corrected chi connectivity index (χ2v) is 5.80. The third kappa shape index (κ3) is 2.77. The molecule has 102 valence electrons. The molecule has 0 bridgehead atoms. The molecule has 0 radical (unpaired) electrons. The van der Waals surface area contributed by atoms with Crippen molar-refractivity contribution >= 4 is 0 Å². The van der Waals surface area contributed by atoms with Crippen LogP contribution in [0.15, 0.2) is 0 Å². The van der Waals surface area contributed by atoms with Crippen molar-refractivity contribution in [2.24, 2.45) is 5.92 Å². The van der Waals surface area contributed by atoms with Gasteiger partial charge >= 0.3 is 0 Å². The lowest BCUT2D eigenvalue weighted by molar-refractivity contribution is 0.145. The topological polar surface area (TPSA) is 20.2 Å². The minimum atomic E-state index is -0.321. The zero-order valence-electron chi connectivity index (χ0n) is 13.0. The maximum absolute atomic E-state index is 10.5. The third-order valence-corrected chi connectivity index (χ3v) is 4.71. The SMILES string of the molecule is CCC(C)CC(O)c1c(C)c(C)c(C)c(C)c1C. The van der Waals surface area contributed by atoms with Crippen LogP contribution in [0.2, 0.25) is 0 Å². The van der Waals surface area contributed by atoms with Gasteiger partial charge in [0.25, 0.3) is 0 Å². The summed E-state index contributed by atoms with van der Waals surface area (Å²) in [5, 5.41) is 10.5. The minimum Gasteiger partial charge on any atom is -0.388 e. The summed E-state index contributed by atoms with van der Waals surface area (Å²) in [5.74, 6) is 0.570. The Balaban J connectivity index is 3.24. The van der Waals surface area contributed by atoms with Gasteiger partial charge in [-0.3, -0.25) is 0 Å². The summed E-state index contributed by atoms with van der Waals surface area (Å²) in [4.78, 5) is 0. The highest BCUT2D eigenvalue weighted by Crippen LogP contribution is 2.33. The molecule has 0 aliphatic rings. The van der Waals surface area contributed by atoms with Crippen molar-refractivity contribution in [1.29, 1.82) is 0 Å². The van der Waals surface area contributed by atoms with Gasteiger partial charge in [0, 0.05) is 0 Å². The molecule has 0 aliphatic carbocycles. The van der Waals surface area contributed by atoms with Crippen LogP contribution < -0.4 is 0 Å². The Morgan fingerprint density at radius 1 is 0.833 bits per heavy atom. The number of aliphatic hydroxyl groups is 1. The summed E-state index contributed by atoms with van der Waals surface area (Å²) in [7, 11) is 0. The summed E-state index contributed by atoms with van der Waals surface area (Å²) >= 11 is 0. The Labute approximate surface area is 112 Å². The molecule has 18 heavy (non-hydrogen) atoms. The molecule has 1 nitrogen and oxygen atoms in total. The van der Waals surface area contributed by atoms with Gasteiger partial charge in [0.05, 0.1) is 6.10 Å². The van der Waals surface area contributed by atoms with E-state index in [2.05, 4.69) is 48.5 Å². The van der Waals surface area contributed by atoms with Gasteiger partial charge < -0.3 is 5.11 Å². The normalized spacial score (nSPS) is 14.7. The zero-order chi connectivity index (χ0) is 14.0. The van der Waals surface area contributed by atoms with Crippen molar-refractivity contribution in [1.82, 2.24) is 0 Å². The molecule has 0 aliphatic heterocycles. The van der Waals surface area contributed by atoms with E-state index in [1.54, 1.807) is 0 Å². The second kappa shape index (κ2) is 5.88. The van der Waals surface area contributed by atoms with Crippen molar-refractivity contribution in [2.75, 3.05) is 0 Å². The molecule has 0 saturated heterocycles. The molecule has 0 spiro atoms. The lowest BCUT2D eigenvalue weighted by Gasteiger charge is -2.24. The predicted molar refractivity (Wildman–Crippen MR) is 79.2 cm³/mol. The van der Waals surface area contributed by atoms with E-state index in [1.165, 1.54) is 27.8 Å². The number of rotatable bonds is 4. The first-order valence-corrected chi connectivity index (χ1v) is 7.06. The number of hydrogen-bond donors (Lipinski definition) is 1. The molecule has 1 N–H and O–H groups in total. The summed E-state index contributed by atoms with van der Waals surface area (Å²) in [5.41, 5.74) is 7.73. The molecular formula is C17H28O. The lowest BCUT2D eigenvalue weighted by atomic mass is 9.84. The van der Waals surface area contributed by atoms with E-state index in [4.69, 9.17) is 0 Å². The number of benzene rings is 1. The van der Waals surface area contributed by atoms with Gasteiger partial charge in [-0.2, -0.15) is 0 Å². The van der Waals surface area contributed by atoms with E-state index < -0.39 is 0 Å². The van der Waals surface area contributed by atoms with Gasteiger partial charge in [-0.1, -0.05) is 20.3 Å². The van der Waals surface area contributed by atoms with Crippen LogP contribution in [-0.2, 0) is 0 Å². The fourth-order valence-corrected chi connectivity index (χ4v) is 2.69. The van der Waals surface area contributed by atoms with Gasteiger partial charge in [-0.15, -0.1) is 0 Å². The second-order valence-electron chi connectivity index (χ2n) is 5.80. The Bertz CT molecular complexity index is 403. The van der Waals surface area contributed by atoms with Gasteiger partial charge in [-0.05, 0) is 80.3 Å². The van der Waals surface area contributed by atoms with E-state index in [-0.39, 0.29) is 6.10 Å². The fraction of sp³-hybridized carbons (Fsp3) is 0.647. The Morgan fingerprint density at radius 2 is 1.22 bits per heavy atom. The molecule has 0 aromatic heterocycles. The van der Waals surface area contributed by atoms with Gasteiger partial charge in [-0.25, -0.2) is 0 Å². The van der Waals surface area contributed by atoms with Crippen LogP contribution in [-0.4, -0.2) is 5.11 Å². The zero-order valence-corrected chi connectivity index (χ0v) is 13.0. The van der Waals surface area contributed by atoms with Crippen LogP contribution in [0.1, 0.15) is 66.2 Å². The first-order valence-electron chi connectivity index (χ1n) is 7.06. The van der Waals surface area contributed by atoms with Crippen LogP contribution >= 0.6 is 0 Å². The van der Waals surface area contributed by atoms with E-state index in [0.717, 1.165) is 18.4 Å². The van der Waals surface area contributed by atoms with E-state index in [0.29, 0.717) is 5.92 Å². The van der Waals surface area contributed by atoms with Crippen LogP contribution in [0, 0.1) is 40.5 Å². The molecule has 1 aromatic carbocycles. The summed E-state index contributed by atoms with van der Waals surface area (Å²) in [6, 6.07) is 0. The number of hydrogen-bond acceptors (Lipinski definition) is 1. The Hall–Kier alpha value is -0.820. The number of aliphatic hydroxyl groups excluding tert-OH is 1. The largest absolute Gasteiger partial charge is 0.388 e. The maximum Gasteiger partial charge on any atom is 0.0797 e. The molecule has 0 fully saturated rings. The average Bonchev–Trinajstić information content (AvgIpc) is 2.34. The first-order chi connectivity index (χ1) is 8.31. The van der Waals surface area contributed by atoms with Crippen molar-refractivity contribution < 1.29 is 5.11 Å². The molecule has 2 atom stereocenters. The van der Waals surface area contributed by atoms with Crippen molar-refractivity contribution in [3.05, 3.63) is 33.4 Å². The van der Waals surface area contributed by atoms with Crippen LogP contribution in [0.5, 0.6) is 0 Å². The molecule has 1 heteroatoms. The van der Waals surface area contributed by atoms with E-state index >= 15 is 0 Å². The predicted octanol–water partition coefficient (Wildman–Crippen LogP) is 4.70. The fourth-order valence-electron chi connectivity index (χ4n) is 2.69. The van der Waals surface area contributed by atoms with Crippen LogP contribution in [0.3, 0.4) is 0 Å². The molecule has 1 aromatic rings. The summed E-state index contributed by atoms with van der Waals surface area (Å²) < 4.78 is 0. The highest BCUT2D eigenvalue weighted by molar-refractivity contribution is 5.50. The molecule has 0 heterocycles. The Kier molecular flexibility index (Phi) is 4.98. The van der Waals surface area contributed by atoms with Gasteiger partial charge in [0.15, 0.2) is 0 Å². The van der Waals surface area contributed by atoms with Crippen molar-refractivity contribution in [3.8, 4) is 0 Å². The molecule has 0 amide bonds. The molecule has 2 unspecified atom stereocenters. The minimum absolute atomic E-state index is 0.321. The highest BCUT2D eigenvalue weighted by Gasteiger charge is 2.19. The van der Waals surface area contributed by atoms with Crippen LogP contribution in [0.25, 0.3) is 0 Å². The standard InChI is InChI=1S/C17H28O/c1-8-10(2)9-16(18)17-14(6)12(4)11(3)13(5)15(17)7/h10,16,18H,8-9H2,1-7H3. The average molecular weight is 248 g/mol. The van der Waals surface area contributed by atoms with E-state index in [1.807, 2.05) is 0 Å². The van der Waals surface area contributed by atoms with Gasteiger partial charge in [0.1, 0.15) is 0 Å². The molecule has 0 saturated carbocycles. The maximum atomic E-state index is 10.5. The summed E-state index contributed by atoms with van der Waals surface area (Å²) in [6.07, 6.45) is 1.66. The molecular weight excluding hydrogens is 220 g/mol. The van der Waals surface area contributed by atoms with Gasteiger partial charge in [0.2, 0.25) is 0 Å².